The van der Waals surface area contributed by atoms with Crippen LogP contribution in [0.15, 0.2) is 41.3 Å². The van der Waals surface area contributed by atoms with E-state index in [0.717, 1.165) is 0 Å². The molecule has 0 aliphatic rings. The highest BCUT2D eigenvalue weighted by atomic mass is 16.1. The molecule has 0 saturated carbocycles. The standard InChI is InChI=1S/C16H12N6O2/c1-9(23)11-3-5-12(6-4-11)21-8-7-13-14(15(21)24)18-19-16-17-10(2)20-22(13)16/h3-8H,1-2H3. The van der Waals surface area contributed by atoms with Crippen LogP contribution in [0.3, 0.4) is 0 Å². The van der Waals surface area contributed by atoms with Crippen LogP contribution >= 0.6 is 0 Å². The van der Waals surface area contributed by atoms with Crippen LogP contribution in [-0.4, -0.2) is 35.1 Å². The third-order valence-corrected chi connectivity index (χ3v) is 3.76. The van der Waals surface area contributed by atoms with Gasteiger partial charge in [0.05, 0.1) is 0 Å². The van der Waals surface area contributed by atoms with Gasteiger partial charge in [0.2, 0.25) is 0 Å². The van der Waals surface area contributed by atoms with Gasteiger partial charge in [0, 0.05) is 17.4 Å². The Morgan fingerprint density at radius 1 is 1.08 bits per heavy atom. The summed E-state index contributed by atoms with van der Waals surface area (Å²) in [4.78, 5) is 28.2. The zero-order valence-electron chi connectivity index (χ0n) is 13.0. The minimum atomic E-state index is -0.314. The lowest BCUT2D eigenvalue weighted by Gasteiger charge is -2.07. The van der Waals surface area contributed by atoms with Crippen molar-refractivity contribution < 1.29 is 4.79 Å². The van der Waals surface area contributed by atoms with Crippen LogP contribution in [0, 0.1) is 6.92 Å². The molecule has 0 radical (unpaired) electrons. The molecule has 8 nitrogen and oxygen atoms in total. The molecule has 0 aliphatic carbocycles. The lowest BCUT2D eigenvalue weighted by atomic mass is 10.1. The fourth-order valence-electron chi connectivity index (χ4n) is 2.57. The Morgan fingerprint density at radius 3 is 2.54 bits per heavy atom. The molecule has 4 aromatic rings. The van der Waals surface area contributed by atoms with Gasteiger partial charge in [-0.05, 0) is 44.2 Å². The molecule has 0 unspecified atom stereocenters. The number of carbonyl (C=O) groups is 1. The van der Waals surface area contributed by atoms with Gasteiger partial charge >= 0.3 is 0 Å². The molecule has 0 spiro atoms. The van der Waals surface area contributed by atoms with Gasteiger partial charge in [-0.3, -0.25) is 14.2 Å². The highest BCUT2D eigenvalue weighted by Gasteiger charge is 2.12. The second-order valence-electron chi connectivity index (χ2n) is 5.40. The number of nitrogens with zero attached hydrogens (tertiary/aromatic N) is 6. The molecule has 0 saturated heterocycles. The Labute approximate surface area is 135 Å². The van der Waals surface area contributed by atoms with Gasteiger partial charge in [0.25, 0.3) is 11.3 Å². The summed E-state index contributed by atoms with van der Waals surface area (Å²) in [6.07, 6.45) is 1.64. The Hall–Kier alpha value is -3.42. The normalized spacial score (nSPS) is 11.2. The topological polar surface area (TPSA) is 95.0 Å². The van der Waals surface area contributed by atoms with Gasteiger partial charge in [0.1, 0.15) is 11.3 Å². The van der Waals surface area contributed by atoms with Crippen LogP contribution < -0.4 is 5.56 Å². The lowest BCUT2D eigenvalue weighted by molar-refractivity contribution is 0.101. The van der Waals surface area contributed by atoms with Crippen molar-refractivity contribution in [2.24, 2.45) is 0 Å². The number of fused-ring (bicyclic) bond motifs is 3. The fraction of sp³-hybridized carbons (Fsp3) is 0.125. The van der Waals surface area contributed by atoms with E-state index >= 15 is 0 Å². The monoisotopic (exact) mass is 320 g/mol. The van der Waals surface area contributed by atoms with Crippen molar-refractivity contribution in [2.45, 2.75) is 13.8 Å². The molecule has 24 heavy (non-hydrogen) atoms. The predicted octanol–water partition coefficient (Wildman–Crippen LogP) is 1.33. The minimum Gasteiger partial charge on any atom is -0.295 e. The summed E-state index contributed by atoms with van der Waals surface area (Å²) in [7, 11) is 0. The Balaban J connectivity index is 1.94. The third-order valence-electron chi connectivity index (χ3n) is 3.76. The van der Waals surface area contributed by atoms with Crippen molar-refractivity contribution in [2.75, 3.05) is 0 Å². The van der Waals surface area contributed by atoms with Gasteiger partial charge in [-0.1, -0.05) is 0 Å². The maximum atomic E-state index is 12.7. The molecule has 0 N–H and O–H groups in total. The van der Waals surface area contributed by atoms with Crippen molar-refractivity contribution >= 4 is 22.6 Å². The number of hydrogen-bond donors (Lipinski definition) is 0. The number of ketones is 1. The Morgan fingerprint density at radius 2 is 1.83 bits per heavy atom. The molecule has 3 heterocycles. The minimum absolute atomic E-state index is 0.0257. The Bertz CT molecular complexity index is 1160. The Kier molecular flexibility index (Phi) is 2.99. The van der Waals surface area contributed by atoms with E-state index in [1.165, 1.54) is 16.0 Å². The molecular weight excluding hydrogens is 308 g/mol. The summed E-state index contributed by atoms with van der Waals surface area (Å²) in [5, 5.41) is 12.2. The smallest absolute Gasteiger partial charge is 0.285 e. The highest BCUT2D eigenvalue weighted by molar-refractivity contribution is 5.94. The SMILES string of the molecule is CC(=O)c1ccc(-n2ccc3c(nnc4nc(C)nn43)c2=O)cc1. The summed E-state index contributed by atoms with van der Waals surface area (Å²) in [6.45, 7) is 3.25. The summed E-state index contributed by atoms with van der Waals surface area (Å²) >= 11 is 0. The molecule has 0 atom stereocenters. The van der Waals surface area contributed by atoms with Crippen LogP contribution in [-0.2, 0) is 0 Å². The number of carbonyl (C=O) groups excluding carboxylic acids is 1. The van der Waals surface area contributed by atoms with E-state index < -0.39 is 0 Å². The fourth-order valence-corrected chi connectivity index (χ4v) is 2.57. The number of benzene rings is 1. The van der Waals surface area contributed by atoms with Gasteiger partial charge in [-0.25, -0.2) is 0 Å². The molecule has 1 aromatic carbocycles. The van der Waals surface area contributed by atoms with E-state index in [1.54, 1.807) is 43.5 Å². The van der Waals surface area contributed by atoms with Crippen LogP contribution in [0.25, 0.3) is 22.5 Å². The number of Topliss-reactive ketones (excluding diaryl/α,β-unsaturated/α-hetero) is 1. The number of rotatable bonds is 2. The molecule has 118 valence electrons. The van der Waals surface area contributed by atoms with Crippen molar-refractivity contribution in [1.29, 1.82) is 0 Å². The van der Waals surface area contributed by atoms with Gasteiger partial charge in [-0.2, -0.15) is 9.50 Å². The molecule has 4 rings (SSSR count). The average molecular weight is 320 g/mol. The van der Waals surface area contributed by atoms with Gasteiger partial charge < -0.3 is 0 Å². The molecule has 0 fully saturated rings. The van der Waals surface area contributed by atoms with Crippen molar-refractivity contribution in [3.8, 4) is 5.69 Å². The van der Waals surface area contributed by atoms with Crippen molar-refractivity contribution in [3.05, 3.63) is 58.3 Å². The second kappa shape index (κ2) is 5.05. The summed E-state index contributed by atoms with van der Waals surface area (Å²) in [5.74, 6) is 0.881. The van der Waals surface area contributed by atoms with E-state index in [-0.39, 0.29) is 16.9 Å². The molecule has 8 heteroatoms. The number of pyridine rings is 1. The van der Waals surface area contributed by atoms with Gasteiger partial charge in [-0.15, -0.1) is 15.3 Å². The summed E-state index contributed by atoms with van der Waals surface area (Å²) in [5.41, 5.74) is 1.66. The van der Waals surface area contributed by atoms with E-state index in [9.17, 15) is 9.59 Å². The first-order valence-corrected chi connectivity index (χ1v) is 7.27. The van der Waals surface area contributed by atoms with Crippen LogP contribution in [0.1, 0.15) is 23.1 Å². The summed E-state index contributed by atoms with van der Waals surface area (Å²) < 4.78 is 2.96. The van der Waals surface area contributed by atoms with E-state index in [4.69, 9.17) is 0 Å². The number of hydrogen-bond acceptors (Lipinski definition) is 6. The molecule has 0 amide bonds. The molecule has 3 aromatic heterocycles. The third kappa shape index (κ3) is 2.08. The zero-order chi connectivity index (χ0) is 16.8. The van der Waals surface area contributed by atoms with Gasteiger partial charge in [0.15, 0.2) is 11.3 Å². The molecular formula is C16H12N6O2. The predicted molar refractivity (Wildman–Crippen MR) is 86.4 cm³/mol. The quantitative estimate of drug-likeness (QED) is 0.517. The lowest BCUT2D eigenvalue weighted by Crippen LogP contribution is -2.20. The van der Waals surface area contributed by atoms with Crippen LogP contribution in [0.2, 0.25) is 0 Å². The first kappa shape index (κ1) is 14.2. The van der Waals surface area contributed by atoms with E-state index in [2.05, 4.69) is 20.3 Å². The zero-order valence-corrected chi connectivity index (χ0v) is 13.0. The maximum Gasteiger partial charge on any atom is 0.285 e. The maximum absolute atomic E-state index is 12.7. The van der Waals surface area contributed by atoms with Crippen LogP contribution in [0.5, 0.6) is 0 Å². The number of aryl methyl sites for hydroxylation is 1. The van der Waals surface area contributed by atoms with Crippen molar-refractivity contribution in [3.63, 3.8) is 0 Å². The largest absolute Gasteiger partial charge is 0.295 e. The average Bonchev–Trinajstić information content (AvgIpc) is 2.96. The first-order chi connectivity index (χ1) is 11.5. The first-order valence-electron chi connectivity index (χ1n) is 7.27. The highest BCUT2D eigenvalue weighted by Crippen LogP contribution is 2.12. The second-order valence-corrected chi connectivity index (χ2v) is 5.40. The number of aromatic nitrogens is 6. The van der Waals surface area contributed by atoms with Crippen LogP contribution in [0.4, 0.5) is 0 Å². The van der Waals surface area contributed by atoms with Crippen molar-refractivity contribution in [1.82, 2.24) is 29.4 Å². The van der Waals surface area contributed by atoms with E-state index in [0.29, 0.717) is 28.4 Å². The summed E-state index contributed by atoms with van der Waals surface area (Å²) in [6, 6.07) is 8.55. The molecule has 0 bridgehead atoms. The van der Waals surface area contributed by atoms with E-state index in [1.807, 2.05) is 0 Å². The molecule has 0 aliphatic heterocycles.